The van der Waals surface area contributed by atoms with Gasteiger partial charge in [-0.1, -0.05) is 24.3 Å². The minimum atomic E-state index is -0.344. The van der Waals surface area contributed by atoms with Gasteiger partial charge in [0.2, 0.25) is 0 Å². The quantitative estimate of drug-likeness (QED) is 0.669. The van der Waals surface area contributed by atoms with Crippen molar-refractivity contribution in [2.24, 2.45) is 0 Å². The van der Waals surface area contributed by atoms with E-state index in [1.54, 1.807) is 24.3 Å². The van der Waals surface area contributed by atoms with Crippen LogP contribution in [0, 0.1) is 6.92 Å². The van der Waals surface area contributed by atoms with Crippen molar-refractivity contribution < 1.29 is 14.0 Å². The van der Waals surface area contributed by atoms with Gasteiger partial charge in [0.25, 0.3) is 11.8 Å². The van der Waals surface area contributed by atoms with Crippen molar-refractivity contribution >= 4 is 29.3 Å². The Hall–Kier alpha value is -2.99. The summed E-state index contributed by atoms with van der Waals surface area (Å²) >= 11 is 1.82. The highest BCUT2D eigenvalue weighted by molar-refractivity contribution is 7.99. The van der Waals surface area contributed by atoms with E-state index in [2.05, 4.69) is 22.8 Å². The number of fused-ring (bicyclic) bond motifs is 1. The summed E-state index contributed by atoms with van der Waals surface area (Å²) in [5, 5.41) is 5.95. The molecule has 2 aromatic carbocycles. The van der Waals surface area contributed by atoms with Crippen molar-refractivity contribution in [2.45, 2.75) is 24.3 Å². The van der Waals surface area contributed by atoms with Crippen LogP contribution in [0.4, 0.5) is 5.69 Å². The predicted octanol–water partition coefficient (Wildman–Crippen LogP) is 4.81. The molecule has 2 amide bonds. The van der Waals surface area contributed by atoms with Gasteiger partial charge >= 0.3 is 0 Å². The molecule has 5 nitrogen and oxygen atoms in total. The second-order valence-corrected chi connectivity index (χ2v) is 7.80. The van der Waals surface area contributed by atoms with Gasteiger partial charge in [0.1, 0.15) is 0 Å². The lowest BCUT2D eigenvalue weighted by molar-refractivity contribution is 0.0933. The minimum absolute atomic E-state index is 0.00703. The maximum absolute atomic E-state index is 12.9. The number of aryl methyl sites for hydroxylation is 1. The molecule has 0 bridgehead atoms. The Morgan fingerprint density at radius 3 is 2.75 bits per heavy atom. The van der Waals surface area contributed by atoms with Gasteiger partial charge in [-0.2, -0.15) is 0 Å². The number of thioether (sulfide) groups is 1. The summed E-state index contributed by atoms with van der Waals surface area (Å²) in [6.45, 7) is 1.88. The van der Waals surface area contributed by atoms with Crippen LogP contribution >= 0.6 is 11.8 Å². The molecule has 4 rings (SSSR count). The number of rotatable bonds is 4. The molecule has 1 atom stereocenters. The Kier molecular flexibility index (Phi) is 5.21. The number of amides is 2. The number of hydrogen-bond donors (Lipinski definition) is 2. The first-order valence-corrected chi connectivity index (χ1v) is 10.1. The third kappa shape index (κ3) is 3.82. The SMILES string of the molecule is Cc1ccc(C(=O)N[C@H]2CCSc3ccccc32)cc1NC(=O)c1ccco1. The maximum atomic E-state index is 12.9. The zero-order valence-electron chi connectivity index (χ0n) is 15.4. The van der Waals surface area contributed by atoms with Crippen LogP contribution in [0.25, 0.3) is 0 Å². The van der Waals surface area contributed by atoms with Crippen LogP contribution in [0.2, 0.25) is 0 Å². The molecule has 0 fully saturated rings. The van der Waals surface area contributed by atoms with Gasteiger partial charge in [-0.25, -0.2) is 0 Å². The zero-order chi connectivity index (χ0) is 19.5. The lowest BCUT2D eigenvalue weighted by Gasteiger charge is -2.26. The molecule has 142 valence electrons. The van der Waals surface area contributed by atoms with Crippen LogP contribution in [-0.4, -0.2) is 17.6 Å². The molecule has 6 heteroatoms. The number of nitrogens with one attached hydrogen (secondary N) is 2. The first kappa shape index (κ1) is 18.4. The second kappa shape index (κ2) is 7.94. The van der Waals surface area contributed by atoms with E-state index in [1.165, 1.54) is 11.2 Å². The standard InChI is InChI=1S/C22H20N2O3S/c1-14-8-9-15(13-18(14)24-22(26)19-6-4-11-27-19)21(25)23-17-10-12-28-20-7-3-2-5-16(17)20/h2-9,11,13,17H,10,12H2,1H3,(H,23,25)(H,24,26)/t17-/m0/s1. The molecular weight excluding hydrogens is 372 g/mol. The van der Waals surface area contributed by atoms with Gasteiger partial charge in [-0.15, -0.1) is 11.8 Å². The summed E-state index contributed by atoms with van der Waals surface area (Å²) in [6.07, 6.45) is 2.34. The van der Waals surface area contributed by atoms with E-state index in [0.29, 0.717) is 11.3 Å². The average molecular weight is 392 g/mol. The van der Waals surface area contributed by atoms with Crippen LogP contribution in [0.3, 0.4) is 0 Å². The minimum Gasteiger partial charge on any atom is -0.459 e. The molecule has 2 heterocycles. The van der Waals surface area contributed by atoms with Crippen molar-refractivity contribution in [3.63, 3.8) is 0 Å². The number of benzene rings is 2. The molecule has 1 aliphatic rings. The molecule has 3 aromatic rings. The fourth-order valence-corrected chi connectivity index (χ4v) is 4.35. The topological polar surface area (TPSA) is 71.3 Å². The summed E-state index contributed by atoms with van der Waals surface area (Å²) in [5.74, 6) is 0.704. The molecular formula is C22H20N2O3S. The summed E-state index contributed by atoms with van der Waals surface area (Å²) in [5.41, 5.74) is 3.13. The van der Waals surface area contributed by atoms with Crippen LogP contribution in [0.1, 0.15) is 44.5 Å². The normalized spacial score (nSPS) is 15.5. The largest absolute Gasteiger partial charge is 0.459 e. The van der Waals surface area contributed by atoms with Gasteiger partial charge in [0, 0.05) is 21.9 Å². The van der Waals surface area contributed by atoms with E-state index in [0.717, 1.165) is 23.3 Å². The Balaban J connectivity index is 1.52. The maximum Gasteiger partial charge on any atom is 0.291 e. The van der Waals surface area contributed by atoms with E-state index < -0.39 is 0 Å². The van der Waals surface area contributed by atoms with Crippen molar-refractivity contribution in [1.82, 2.24) is 5.32 Å². The van der Waals surface area contributed by atoms with E-state index in [1.807, 2.05) is 36.9 Å². The number of carbonyl (C=O) groups is 2. The fourth-order valence-electron chi connectivity index (χ4n) is 3.22. The Morgan fingerprint density at radius 1 is 1.07 bits per heavy atom. The number of hydrogen-bond acceptors (Lipinski definition) is 4. The van der Waals surface area contributed by atoms with Crippen LogP contribution < -0.4 is 10.6 Å². The highest BCUT2D eigenvalue weighted by atomic mass is 32.2. The molecule has 2 N–H and O–H groups in total. The third-order valence-corrected chi connectivity index (χ3v) is 5.88. The van der Waals surface area contributed by atoms with Gasteiger partial charge in [0.15, 0.2) is 5.76 Å². The monoisotopic (exact) mass is 392 g/mol. The van der Waals surface area contributed by atoms with Crippen molar-refractivity contribution in [3.8, 4) is 0 Å². The lowest BCUT2D eigenvalue weighted by atomic mass is 10.0. The van der Waals surface area contributed by atoms with Crippen molar-refractivity contribution in [1.29, 1.82) is 0 Å². The lowest BCUT2D eigenvalue weighted by Crippen LogP contribution is -2.30. The molecule has 0 unspecified atom stereocenters. The smallest absolute Gasteiger partial charge is 0.291 e. The Bertz CT molecular complexity index is 1010. The summed E-state index contributed by atoms with van der Waals surface area (Å²) in [7, 11) is 0. The first-order valence-electron chi connectivity index (χ1n) is 9.10. The number of anilines is 1. The highest BCUT2D eigenvalue weighted by Crippen LogP contribution is 2.36. The van der Waals surface area contributed by atoms with Gasteiger partial charge in [-0.3, -0.25) is 9.59 Å². The van der Waals surface area contributed by atoms with Crippen LogP contribution in [0.5, 0.6) is 0 Å². The van der Waals surface area contributed by atoms with Crippen LogP contribution in [0.15, 0.2) is 70.2 Å². The second-order valence-electron chi connectivity index (χ2n) is 6.66. The molecule has 1 aromatic heterocycles. The molecule has 0 saturated heterocycles. The van der Waals surface area contributed by atoms with Crippen molar-refractivity contribution in [3.05, 3.63) is 83.3 Å². The number of furan rings is 1. The van der Waals surface area contributed by atoms with E-state index >= 15 is 0 Å². The third-order valence-electron chi connectivity index (χ3n) is 4.76. The molecule has 28 heavy (non-hydrogen) atoms. The summed E-state index contributed by atoms with van der Waals surface area (Å²) in [6, 6.07) is 16.7. The first-order chi connectivity index (χ1) is 13.6. The van der Waals surface area contributed by atoms with Gasteiger partial charge in [0.05, 0.1) is 12.3 Å². The summed E-state index contributed by atoms with van der Waals surface area (Å²) in [4.78, 5) is 26.3. The van der Waals surface area contributed by atoms with E-state index in [4.69, 9.17) is 4.42 Å². The highest BCUT2D eigenvalue weighted by Gasteiger charge is 2.22. The van der Waals surface area contributed by atoms with Gasteiger partial charge < -0.3 is 15.1 Å². The van der Waals surface area contributed by atoms with E-state index in [9.17, 15) is 9.59 Å². The zero-order valence-corrected chi connectivity index (χ0v) is 16.2. The van der Waals surface area contributed by atoms with Crippen LogP contribution in [-0.2, 0) is 0 Å². The fraction of sp³-hybridized carbons (Fsp3) is 0.182. The Labute approximate surface area is 167 Å². The average Bonchev–Trinajstić information content (AvgIpc) is 3.25. The molecule has 0 saturated carbocycles. The van der Waals surface area contributed by atoms with Crippen molar-refractivity contribution in [2.75, 3.05) is 11.1 Å². The summed E-state index contributed by atoms with van der Waals surface area (Å²) < 4.78 is 5.13. The molecule has 0 radical (unpaired) electrons. The Morgan fingerprint density at radius 2 is 1.93 bits per heavy atom. The van der Waals surface area contributed by atoms with E-state index in [-0.39, 0.29) is 23.6 Å². The van der Waals surface area contributed by atoms with Gasteiger partial charge in [-0.05, 0) is 54.8 Å². The number of carbonyl (C=O) groups excluding carboxylic acids is 2. The molecule has 0 aliphatic carbocycles. The predicted molar refractivity (Wildman–Crippen MR) is 110 cm³/mol. The molecule has 0 spiro atoms. The molecule has 1 aliphatic heterocycles.